The lowest BCUT2D eigenvalue weighted by Crippen LogP contribution is -2.44. The molecule has 3 rings (SSSR count). The topological polar surface area (TPSA) is 37.4 Å². The molecule has 5 heteroatoms. The van der Waals surface area contributed by atoms with Gasteiger partial charge in [0.15, 0.2) is 0 Å². The van der Waals surface area contributed by atoms with E-state index in [0.29, 0.717) is 6.10 Å². The number of aromatic nitrogens is 1. The van der Waals surface area contributed by atoms with Crippen molar-refractivity contribution in [2.24, 2.45) is 0 Å². The first-order valence-electron chi connectivity index (χ1n) is 6.66. The van der Waals surface area contributed by atoms with Crippen LogP contribution in [0.25, 0.3) is 10.2 Å². The molecule has 0 bridgehead atoms. The molecule has 1 N–H and O–H groups in total. The van der Waals surface area contributed by atoms with Gasteiger partial charge in [-0.05, 0) is 19.2 Å². The average Bonchev–Trinajstić information content (AvgIpc) is 2.81. The standard InChI is InChI=1S/C14H19N3OS/c1-17-6-7-18-11(10-17)8-15-9-14-16-12-4-2-3-5-13(12)19-14/h2-5,11,15H,6-10H2,1H3. The van der Waals surface area contributed by atoms with Crippen molar-refractivity contribution in [1.29, 1.82) is 0 Å². The number of likely N-dealkylation sites (N-methyl/N-ethyl adjacent to an activating group) is 1. The lowest BCUT2D eigenvalue weighted by molar-refractivity contribution is -0.0182. The van der Waals surface area contributed by atoms with Crippen LogP contribution >= 0.6 is 11.3 Å². The number of nitrogens with zero attached hydrogens (tertiary/aromatic N) is 2. The van der Waals surface area contributed by atoms with E-state index in [1.807, 2.05) is 6.07 Å². The van der Waals surface area contributed by atoms with Crippen LogP contribution in [-0.2, 0) is 11.3 Å². The lowest BCUT2D eigenvalue weighted by atomic mass is 10.3. The molecule has 1 unspecified atom stereocenters. The molecule has 1 aliphatic heterocycles. The molecule has 2 heterocycles. The third-order valence-corrected chi connectivity index (χ3v) is 4.36. The van der Waals surface area contributed by atoms with Gasteiger partial charge in [0.05, 0.1) is 22.9 Å². The van der Waals surface area contributed by atoms with Crippen molar-refractivity contribution >= 4 is 21.6 Å². The molecule has 2 aromatic rings. The molecule has 1 fully saturated rings. The number of thiazole rings is 1. The number of benzene rings is 1. The van der Waals surface area contributed by atoms with E-state index in [1.54, 1.807) is 11.3 Å². The number of hydrogen-bond acceptors (Lipinski definition) is 5. The van der Waals surface area contributed by atoms with E-state index in [0.717, 1.165) is 43.3 Å². The molecule has 0 aliphatic carbocycles. The van der Waals surface area contributed by atoms with E-state index in [4.69, 9.17) is 4.74 Å². The molecule has 1 saturated heterocycles. The number of hydrogen-bond donors (Lipinski definition) is 1. The maximum atomic E-state index is 5.72. The van der Waals surface area contributed by atoms with Crippen molar-refractivity contribution in [1.82, 2.24) is 15.2 Å². The summed E-state index contributed by atoms with van der Waals surface area (Å²) in [5.74, 6) is 0. The fourth-order valence-electron chi connectivity index (χ4n) is 2.33. The predicted molar refractivity (Wildman–Crippen MR) is 78.6 cm³/mol. The second-order valence-corrected chi connectivity index (χ2v) is 6.08. The molecule has 102 valence electrons. The Kier molecular flexibility index (Phi) is 4.08. The fraction of sp³-hybridized carbons (Fsp3) is 0.500. The highest BCUT2D eigenvalue weighted by molar-refractivity contribution is 7.18. The Morgan fingerprint density at radius 2 is 2.37 bits per heavy atom. The monoisotopic (exact) mass is 277 g/mol. The highest BCUT2D eigenvalue weighted by atomic mass is 32.1. The van der Waals surface area contributed by atoms with E-state index in [2.05, 4.69) is 40.4 Å². The van der Waals surface area contributed by atoms with Gasteiger partial charge in [0.25, 0.3) is 0 Å². The van der Waals surface area contributed by atoms with Gasteiger partial charge in [-0.2, -0.15) is 0 Å². The van der Waals surface area contributed by atoms with Gasteiger partial charge in [0.1, 0.15) is 5.01 Å². The van der Waals surface area contributed by atoms with Crippen LogP contribution in [0.3, 0.4) is 0 Å². The summed E-state index contributed by atoms with van der Waals surface area (Å²) >= 11 is 1.76. The smallest absolute Gasteiger partial charge is 0.108 e. The van der Waals surface area contributed by atoms with Crippen molar-refractivity contribution in [2.75, 3.05) is 33.3 Å². The van der Waals surface area contributed by atoms with Gasteiger partial charge in [0, 0.05) is 26.2 Å². The Labute approximate surface area is 117 Å². The molecular weight excluding hydrogens is 258 g/mol. The quantitative estimate of drug-likeness (QED) is 0.923. The van der Waals surface area contributed by atoms with Gasteiger partial charge in [-0.15, -0.1) is 11.3 Å². The van der Waals surface area contributed by atoms with Crippen molar-refractivity contribution < 1.29 is 4.74 Å². The summed E-state index contributed by atoms with van der Waals surface area (Å²) in [7, 11) is 2.14. The van der Waals surface area contributed by atoms with Gasteiger partial charge in [-0.3, -0.25) is 0 Å². The van der Waals surface area contributed by atoms with Gasteiger partial charge >= 0.3 is 0 Å². The minimum atomic E-state index is 0.299. The molecular formula is C14H19N3OS. The minimum absolute atomic E-state index is 0.299. The summed E-state index contributed by atoms with van der Waals surface area (Å²) in [6, 6.07) is 8.28. The Hall–Kier alpha value is -1.01. The van der Waals surface area contributed by atoms with Crippen LogP contribution in [-0.4, -0.2) is 49.3 Å². The molecule has 0 spiro atoms. The first-order valence-corrected chi connectivity index (χ1v) is 7.48. The van der Waals surface area contributed by atoms with Gasteiger partial charge < -0.3 is 15.0 Å². The zero-order valence-electron chi connectivity index (χ0n) is 11.1. The summed E-state index contributed by atoms with van der Waals surface area (Å²) in [5.41, 5.74) is 1.10. The van der Waals surface area contributed by atoms with Gasteiger partial charge in [-0.25, -0.2) is 4.98 Å². The highest BCUT2D eigenvalue weighted by Crippen LogP contribution is 2.21. The molecule has 1 aromatic carbocycles. The molecule has 1 aromatic heterocycles. The highest BCUT2D eigenvalue weighted by Gasteiger charge is 2.17. The van der Waals surface area contributed by atoms with Crippen LogP contribution in [0.1, 0.15) is 5.01 Å². The summed E-state index contributed by atoms with van der Waals surface area (Å²) in [6.07, 6.45) is 0.299. The van der Waals surface area contributed by atoms with Crippen LogP contribution in [0.15, 0.2) is 24.3 Å². The van der Waals surface area contributed by atoms with Crippen molar-refractivity contribution in [3.63, 3.8) is 0 Å². The van der Waals surface area contributed by atoms with Crippen molar-refractivity contribution in [3.05, 3.63) is 29.3 Å². The van der Waals surface area contributed by atoms with Crippen LogP contribution < -0.4 is 5.32 Å². The van der Waals surface area contributed by atoms with Crippen LogP contribution in [0.2, 0.25) is 0 Å². The zero-order valence-corrected chi connectivity index (χ0v) is 11.9. The third kappa shape index (κ3) is 3.30. The summed E-state index contributed by atoms with van der Waals surface area (Å²) in [4.78, 5) is 6.93. The van der Waals surface area contributed by atoms with Crippen LogP contribution in [0.4, 0.5) is 0 Å². The molecule has 1 atom stereocenters. The van der Waals surface area contributed by atoms with E-state index >= 15 is 0 Å². The fourth-order valence-corrected chi connectivity index (χ4v) is 3.26. The van der Waals surface area contributed by atoms with Crippen LogP contribution in [0, 0.1) is 0 Å². The number of para-hydroxylation sites is 1. The number of rotatable bonds is 4. The second-order valence-electron chi connectivity index (χ2n) is 4.96. The summed E-state index contributed by atoms with van der Waals surface area (Å²) in [5, 5.41) is 4.59. The lowest BCUT2D eigenvalue weighted by Gasteiger charge is -2.30. The Morgan fingerprint density at radius 3 is 3.21 bits per heavy atom. The van der Waals surface area contributed by atoms with Gasteiger partial charge in [-0.1, -0.05) is 12.1 Å². The summed E-state index contributed by atoms with van der Waals surface area (Å²) < 4.78 is 6.98. The molecule has 19 heavy (non-hydrogen) atoms. The SMILES string of the molecule is CN1CCOC(CNCc2nc3ccccc3s2)C1. The number of ether oxygens (including phenoxy) is 1. The maximum absolute atomic E-state index is 5.72. The Morgan fingerprint density at radius 1 is 1.47 bits per heavy atom. The minimum Gasteiger partial charge on any atom is -0.374 e. The van der Waals surface area contributed by atoms with E-state index in [-0.39, 0.29) is 0 Å². The molecule has 1 aliphatic rings. The van der Waals surface area contributed by atoms with Gasteiger partial charge in [0.2, 0.25) is 0 Å². The van der Waals surface area contributed by atoms with E-state index in [1.165, 1.54) is 4.70 Å². The zero-order chi connectivity index (χ0) is 13.1. The Bertz CT molecular complexity index is 509. The summed E-state index contributed by atoms with van der Waals surface area (Å²) in [6.45, 7) is 4.59. The first kappa shape index (κ1) is 13.0. The Balaban J connectivity index is 1.51. The van der Waals surface area contributed by atoms with E-state index < -0.39 is 0 Å². The predicted octanol–water partition coefficient (Wildman–Crippen LogP) is 1.72. The van der Waals surface area contributed by atoms with Crippen molar-refractivity contribution in [2.45, 2.75) is 12.6 Å². The van der Waals surface area contributed by atoms with E-state index in [9.17, 15) is 0 Å². The number of morpholine rings is 1. The third-order valence-electron chi connectivity index (χ3n) is 3.33. The largest absolute Gasteiger partial charge is 0.374 e. The molecule has 0 amide bonds. The number of nitrogens with one attached hydrogen (secondary N) is 1. The molecule has 0 radical (unpaired) electrons. The van der Waals surface area contributed by atoms with Crippen molar-refractivity contribution in [3.8, 4) is 0 Å². The molecule has 0 saturated carbocycles. The first-order chi connectivity index (χ1) is 9.31. The average molecular weight is 277 g/mol. The number of fused-ring (bicyclic) bond motifs is 1. The second kappa shape index (κ2) is 5.96. The normalized spacial score (nSPS) is 21.0. The van der Waals surface area contributed by atoms with Crippen LogP contribution in [0.5, 0.6) is 0 Å². The molecule has 4 nitrogen and oxygen atoms in total. The maximum Gasteiger partial charge on any atom is 0.108 e.